The van der Waals surface area contributed by atoms with Gasteiger partial charge in [-0.15, -0.1) is 0 Å². The summed E-state index contributed by atoms with van der Waals surface area (Å²) >= 11 is 0. The van der Waals surface area contributed by atoms with Gasteiger partial charge in [0, 0.05) is 36.2 Å². The minimum Gasteiger partial charge on any atom is -0.398 e. The first kappa shape index (κ1) is 27.8. The molecule has 2 aliphatic rings. The van der Waals surface area contributed by atoms with Crippen LogP contribution in [-0.4, -0.2) is 25.3 Å². The lowest BCUT2D eigenvalue weighted by atomic mass is 10.0. The molecule has 1 aliphatic heterocycles. The van der Waals surface area contributed by atoms with Gasteiger partial charge in [0.2, 0.25) is 0 Å². The summed E-state index contributed by atoms with van der Waals surface area (Å²) in [5, 5.41) is 3.48. The summed E-state index contributed by atoms with van der Waals surface area (Å²) in [5.74, 6) is 1.65. The molecule has 6 nitrogen and oxygen atoms in total. The molecule has 0 bridgehead atoms. The summed E-state index contributed by atoms with van der Waals surface area (Å²) in [6.45, 7) is 5.47. The normalized spacial score (nSPS) is 14.7. The Balaban J connectivity index is 0.000000531. The van der Waals surface area contributed by atoms with Crippen molar-refractivity contribution in [2.24, 2.45) is 21.6 Å². The SMILES string of the molecule is COCC(C)C.NC(=NCc1ccc(F)cc1)c1cc(C2=NC(=C3CC3)NC(c3ccccc3)=C2)ccc1N. The highest BCUT2D eigenvalue weighted by atomic mass is 19.1. The van der Waals surface area contributed by atoms with E-state index in [0.717, 1.165) is 53.4 Å². The molecule has 1 saturated carbocycles. The standard InChI is InChI=1S/C27H24FN5.C5H12O/c28-21-11-6-17(7-12-21)16-31-26(30)22-14-20(10-13-23(22)29)25-15-24(18-4-2-1-3-5-18)32-27(33-25)19-8-9-19;1-5(2)4-6-3/h1-7,10-15,32H,8-9,16,29H2,(H2,30,31);5H,4H2,1-3H3. The van der Waals surface area contributed by atoms with Gasteiger partial charge in [-0.05, 0) is 65.8 Å². The highest BCUT2D eigenvalue weighted by Crippen LogP contribution is 2.34. The van der Waals surface area contributed by atoms with Crippen LogP contribution in [0.4, 0.5) is 10.1 Å². The van der Waals surface area contributed by atoms with Gasteiger partial charge in [-0.25, -0.2) is 9.38 Å². The summed E-state index contributed by atoms with van der Waals surface area (Å²) in [7, 11) is 1.72. The zero-order valence-corrected chi connectivity index (χ0v) is 22.7. The number of amidine groups is 1. The van der Waals surface area contributed by atoms with E-state index in [1.54, 1.807) is 19.2 Å². The molecule has 0 unspecified atom stereocenters. The monoisotopic (exact) mass is 525 g/mol. The van der Waals surface area contributed by atoms with E-state index in [2.05, 4.69) is 36.3 Å². The molecule has 0 spiro atoms. The molecule has 3 aromatic carbocycles. The van der Waals surface area contributed by atoms with Crippen LogP contribution in [0.5, 0.6) is 0 Å². The topological polar surface area (TPSA) is 98.0 Å². The Hall–Kier alpha value is -4.23. The summed E-state index contributed by atoms with van der Waals surface area (Å²) in [6, 6.07) is 22.1. The molecule has 0 atom stereocenters. The fraction of sp³-hybridized carbons (Fsp3) is 0.250. The van der Waals surface area contributed by atoms with Crippen molar-refractivity contribution in [1.29, 1.82) is 0 Å². The summed E-state index contributed by atoms with van der Waals surface area (Å²) in [6.07, 6.45) is 4.18. The number of halogens is 1. The van der Waals surface area contributed by atoms with Gasteiger partial charge >= 0.3 is 0 Å². The largest absolute Gasteiger partial charge is 0.398 e. The van der Waals surface area contributed by atoms with E-state index in [9.17, 15) is 4.39 Å². The molecule has 0 radical (unpaired) electrons. The van der Waals surface area contributed by atoms with Gasteiger partial charge in [-0.2, -0.15) is 0 Å². The number of benzene rings is 3. The molecule has 5 N–H and O–H groups in total. The van der Waals surface area contributed by atoms with E-state index in [1.807, 2.05) is 42.5 Å². The first-order valence-corrected chi connectivity index (χ1v) is 13.1. The molecule has 39 heavy (non-hydrogen) atoms. The number of nitrogen functional groups attached to an aromatic ring is 1. The van der Waals surface area contributed by atoms with Gasteiger partial charge in [0.1, 0.15) is 17.5 Å². The molecular weight excluding hydrogens is 489 g/mol. The molecule has 1 heterocycles. The molecule has 0 aromatic heterocycles. The maximum atomic E-state index is 13.1. The molecule has 3 aromatic rings. The third kappa shape index (κ3) is 7.88. The van der Waals surface area contributed by atoms with E-state index in [-0.39, 0.29) is 5.82 Å². The number of anilines is 1. The fourth-order valence-electron chi connectivity index (χ4n) is 3.99. The smallest absolute Gasteiger partial charge is 0.130 e. The number of rotatable bonds is 7. The van der Waals surface area contributed by atoms with Crippen LogP contribution in [0.25, 0.3) is 5.70 Å². The van der Waals surface area contributed by atoms with E-state index >= 15 is 0 Å². The van der Waals surface area contributed by atoms with Gasteiger partial charge in [0.25, 0.3) is 0 Å². The second-order valence-electron chi connectivity index (χ2n) is 9.98. The predicted octanol–water partition coefficient (Wildman–Crippen LogP) is 6.04. The minimum absolute atomic E-state index is 0.279. The van der Waals surface area contributed by atoms with Gasteiger partial charge in [0.05, 0.1) is 12.3 Å². The third-order valence-corrected chi connectivity index (χ3v) is 6.16. The Labute approximate surface area is 230 Å². The van der Waals surface area contributed by atoms with Crippen molar-refractivity contribution >= 4 is 22.9 Å². The summed E-state index contributed by atoms with van der Waals surface area (Å²) in [5.41, 5.74) is 19.8. The highest BCUT2D eigenvalue weighted by molar-refractivity contribution is 6.15. The van der Waals surface area contributed by atoms with Crippen molar-refractivity contribution in [2.75, 3.05) is 19.5 Å². The number of ether oxygens (including phenoxy) is 1. The number of nitrogens with one attached hydrogen (secondary N) is 1. The molecule has 1 aliphatic carbocycles. The van der Waals surface area contributed by atoms with Crippen LogP contribution >= 0.6 is 0 Å². The average molecular weight is 526 g/mol. The molecule has 7 heteroatoms. The maximum Gasteiger partial charge on any atom is 0.130 e. The second-order valence-corrected chi connectivity index (χ2v) is 9.98. The van der Waals surface area contributed by atoms with Crippen molar-refractivity contribution < 1.29 is 9.13 Å². The van der Waals surface area contributed by atoms with Crippen LogP contribution in [0.15, 0.2) is 100 Å². The summed E-state index contributed by atoms with van der Waals surface area (Å²) < 4.78 is 17.9. The van der Waals surface area contributed by atoms with Gasteiger partial charge in [0.15, 0.2) is 0 Å². The molecular formula is C32H36FN5O. The van der Waals surface area contributed by atoms with Crippen LogP contribution < -0.4 is 16.8 Å². The zero-order valence-electron chi connectivity index (χ0n) is 22.7. The highest BCUT2D eigenvalue weighted by Gasteiger charge is 2.22. The van der Waals surface area contributed by atoms with Crippen molar-refractivity contribution in [2.45, 2.75) is 33.2 Å². The van der Waals surface area contributed by atoms with E-state index in [1.165, 1.54) is 17.7 Å². The Morgan fingerprint density at radius 2 is 1.74 bits per heavy atom. The first-order valence-electron chi connectivity index (χ1n) is 13.1. The lowest BCUT2D eigenvalue weighted by Gasteiger charge is -2.19. The average Bonchev–Trinajstić information content (AvgIpc) is 3.79. The van der Waals surface area contributed by atoms with Crippen LogP contribution in [0, 0.1) is 11.7 Å². The van der Waals surface area contributed by atoms with Crippen LogP contribution in [0.3, 0.4) is 0 Å². The Morgan fingerprint density at radius 3 is 2.36 bits per heavy atom. The van der Waals surface area contributed by atoms with Crippen molar-refractivity contribution in [1.82, 2.24) is 5.32 Å². The van der Waals surface area contributed by atoms with Gasteiger partial charge < -0.3 is 21.5 Å². The molecule has 1 fully saturated rings. The number of aliphatic imine (C=N–C) groups is 2. The first-order chi connectivity index (χ1) is 18.8. The van der Waals surface area contributed by atoms with Crippen LogP contribution in [0.2, 0.25) is 0 Å². The maximum absolute atomic E-state index is 13.1. The number of methoxy groups -OCH3 is 1. The Bertz CT molecular complexity index is 1400. The quantitative estimate of drug-likeness (QED) is 0.199. The molecule has 0 amide bonds. The Kier molecular flexibility index (Phi) is 9.28. The predicted molar refractivity (Wildman–Crippen MR) is 159 cm³/mol. The lowest BCUT2D eigenvalue weighted by Crippen LogP contribution is -2.20. The van der Waals surface area contributed by atoms with Crippen molar-refractivity contribution in [3.63, 3.8) is 0 Å². The van der Waals surface area contributed by atoms with Crippen LogP contribution in [-0.2, 0) is 11.3 Å². The molecule has 5 rings (SSSR count). The van der Waals surface area contributed by atoms with Crippen molar-refractivity contribution in [3.05, 3.63) is 118 Å². The lowest BCUT2D eigenvalue weighted by molar-refractivity contribution is 0.167. The fourth-order valence-corrected chi connectivity index (χ4v) is 3.99. The van der Waals surface area contributed by atoms with E-state index in [0.29, 0.717) is 29.5 Å². The third-order valence-electron chi connectivity index (χ3n) is 6.16. The Morgan fingerprint density at radius 1 is 1.03 bits per heavy atom. The number of hydrogen-bond acceptors (Lipinski definition) is 5. The molecule has 0 saturated heterocycles. The van der Waals surface area contributed by atoms with E-state index < -0.39 is 0 Å². The molecule has 202 valence electrons. The van der Waals surface area contributed by atoms with Crippen LogP contribution in [0.1, 0.15) is 48.9 Å². The number of allylic oxidation sites excluding steroid dienone is 2. The van der Waals surface area contributed by atoms with E-state index in [4.69, 9.17) is 21.2 Å². The number of hydrogen-bond donors (Lipinski definition) is 3. The van der Waals surface area contributed by atoms with Gasteiger partial charge in [-0.1, -0.05) is 62.4 Å². The minimum atomic E-state index is -0.279. The second kappa shape index (κ2) is 13.0. The van der Waals surface area contributed by atoms with Crippen molar-refractivity contribution in [3.8, 4) is 0 Å². The summed E-state index contributed by atoms with van der Waals surface area (Å²) in [4.78, 5) is 9.35. The number of nitrogens with zero attached hydrogens (tertiary/aromatic N) is 2. The zero-order chi connectivity index (χ0) is 27.8. The number of nitrogens with two attached hydrogens (primary N) is 2. The van der Waals surface area contributed by atoms with Gasteiger partial charge in [-0.3, -0.25) is 4.99 Å².